The lowest BCUT2D eigenvalue weighted by Gasteiger charge is -2.07. The summed E-state index contributed by atoms with van der Waals surface area (Å²) >= 11 is 5.84. The summed E-state index contributed by atoms with van der Waals surface area (Å²) in [7, 11) is -3.61. The molecule has 0 saturated heterocycles. The largest absolute Gasteiger partial charge is 0.242 e. The highest BCUT2D eigenvalue weighted by Crippen LogP contribution is 2.29. The average Bonchev–Trinajstić information content (AvgIpc) is 3.11. The fraction of sp³-hybridized carbons (Fsp3) is 0.364. The van der Waals surface area contributed by atoms with E-state index in [0.717, 1.165) is 12.8 Å². The lowest BCUT2D eigenvalue weighted by Crippen LogP contribution is -2.26. The van der Waals surface area contributed by atoms with Gasteiger partial charge in [-0.3, -0.25) is 0 Å². The maximum absolute atomic E-state index is 11.9. The molecule has 1 aromatic carbocycles. The van der Waals surface area contributed by atoms with Gasteiger partial charge in [-0.2, -0.15) is 5.26 Å². The Balaban J connectivity index is 2.27. The molecule has 0 amide bonds. The summed E-state index contributed by atoms with van der Waals surface area (Å²) in [5, 5.41) is 8.87. The molecule has 1 aromatic rings. The fourth-order valence-corrected chi connectivity index (χ4v) is 3.05. The van der Waals surface area contributed by atoms with E-state index in [2.05, 4.69) is 4.72 Å². The van der Waals surface area contributed by atoms with Crippen molar-refractivity contribution < 1.29 is 8.42 Å². The van der Waals surface area contributed by atoms with Crippen LogP contribution in [0.3, 0.4) is 0 Å². The summed E-state index contributed by atoms with van der Waals surface area (Å²) in [5.41, 5.74) is 0.279. The van der Waals surface area contributed by atoms with Crippen molar-refractivity contribution in [1.82, 2.24) is 4.72 Å². The molecule has 0 unspecified atom stereocenters. The Kier molecular flexibility index (Phi) is 3.38. The maximum Gasteiger partial charge on any atom is 0.242 e. The van der Waals surface area contributed by atoms with Crippen molar-refractivity contribution in [3.8, 4) is 6.07 Å². The second-order valence-corrected chi connectivity index (χ2v) is 6.19. The van der Waals surface area contributed by atoms with Gasteiger partial charge in [-0.1, -0.05) is 11.6 Å². The Hall–Kier alpha value is -1.09. The van der Waals surface area contributed by atoms with E-state index in [-0.39, 0.29) is 15.5 Å². The van der Waals surface area contributed by atoms with Gasteiger partial charge >= 0.3 is 0 Å². The van der Waals surface area contributed by atoms with E-state index in [9.17, 15) is 8.42 Å². The van der Waals surface area contributed by atoms with Crippen molar-refractivity contribution in [1.29, 1.82) is 5.26 Å². The smallest absolute Gasteiger partial charge is 0.211 e. The number of hydrogen-bond donors (Lipinski definition) is 1. The Morgan fingerprint density at radius 2 is 2.18 bits per heavy atom. The first-order chi connectivity index (χ1) is 8.03. The fourth-order valence-electron chi connectivity index (χ4n) is 1.41. The molecule has 1 aliphatic carbocycles. The first kappa shape index (κ1) is 12.4. The Bertz CT molecular complexity index is 574. The molecule has 0 aliphatic heterocycles. The number of nitrogens with one attached hydrogen (secondary N) is 1. The minimum atomic E-state index is -3.61. The zero-order valence-electron chi connectivity index (χ0n) is 8.98. The third-order valence-corrected chi connectivity index (χ3v) is 4.51. The van der Waals surface area contributed by atoms with Gasteiger partial charge in [0.05, 0.1) is 16.7 Å². The first-order valence-corrected chi connectivity index (χ1v) is 7.08. The molecule has 1 aliphatic rings. The quantitative estimate of drug-likeness (QED) is 0.908. The molecule has 17 heavy (non-hydrogen) atoms. The van der Waals surface area contributed by atoms with E-state index in [4.69, 9.17) is 16.9 Å². The van der Waals surface area contributed by atoms with Crippen LogP contribution in [0, 0.1) is 17.2 Å². The van der Waals surface area contributed by atoms with Gasteiger partial charge in [0.2, 0.25) is 10.0 Å². The predicted molar refractivity (Wildman–Crippen MR) is 64.1 cm³/mol. The van der Waals surface area contributed by atoms with Crippen molar-refractivity contribution in [3.63, 3.8) is 0 Å². The van der Waals surface area contributed by atoms with Crippen LogP contribution < -0.4 is 4.72 Å². The van der Waals surface area contributed by atoms with Crippen LogP contribution in [0.4, 0.5) is 0 Å². The number of halogens is 1. The molecule has 1 N–H and O–H groups in total. The molecule has 6 heteroatoms. The van der Waals surface area contributed by atoms with Crippen LogP contribution in [-0.4, -0.2) is 15.0 Å². The molecular weight excluding hydrogens is 260 g/mol. The third-order valence-electron chi connectivity index (χ3n) is 2.61. The molecule has 4 nitrogen and oxygen atoms in total. The van der Waals surface area contributed by atoms with Crippen LogP contribution in [0.1, 0.15) is 18.4 Å². The molecular formula is C11H11ClN2O2S. The second kappa shape index (κ2) is 4.65. The molecule has 0 radical (unpaired) electrons. The van der Waals surface area contributed by atoms with Crippen LogP contribution >= 0.6 is 11.6 Å². The molecule has 0 aromatic heterocycles. The summed E-state index contributed by atoms with van der Waals surface area (Å²) in [6, 6.07) is 6.09. The van der Waals surface area contributed by atoms with Gasteiger partial charge in [0.25, 0.3) is 0 Å². The van der Waals surface area contributed by atoms with Crippen LogP contribution in [-0.2, 0) is 10.0 Å². The Morgan fingerprint density at radius 3 is 2.76 bits per heavy atom. The summed E-state index contributed by atoms with van der Waals surface area (Å²) in [5.74, 6) is 0.447. The van der Waals surface area contributed by atoms with E-state index in [0.29, 0.717) is 12.5 Å². The van der Waals surface area contributed by atoms with Gasteiger partial charge in [0, 0.05) is 6.54 Å². The topological polar surface area (TPSA) is 70.0 Å². The summed E-state index contributed by atoms with van der Waals surface area (Å²) < 4.78 is 26.4. The molecule has 0 spiro atoms. The third kappa shape index (κ3) is 2.97. The Morgan fingerprint density at radius 1 is 1.47 bits per heavy atom. The van der Waals surface area contributed by atoms with E-state index in [1.807, 2.05) is 6.07 Å². The molecule has 1 fully saturated rings. The van der Waals surface area contributed by atoms with Gasteiger partial charge in [-0.15, -0.1) is 0 Å². The number of rotatable bonds is 4. The van der Waals surface area contributed by atoms with Crippen molar-refractivity contribution in [2.24, 2.45) is 5.92 Å². The molecule has 0 atom stereocenters. The Labute approximate surface area is 105 Å². The van der Waals surface area contributed by atoms with Crippen molar-refractivity contribution in [2.75, 3.05) is 6.54 Å². The zero-order valence-corrected chi connectivity index (χ0v) is 10.6. The van der Waals surface area contributed by atoms with E-state index in [1.54, 1.807) is 0 Å². The standard InChI is InChI=1S/C11H11ClN2O2S/c12-10-4-3-9(6-13)5-11(10)17(15,16)14-7-8-1-2-8/h3-5,8,14H,1-2,7H2. The van der Waals surface area contributed by atoms with Gasteiger partial charge in [-0.05, 0) is 37.0 Å². The monoisotopic (exact) mass is 270 g/mol. The minimum absolute atomic E-state index is 0.0288. The molecule has 2 rings (SSSR count). The lowest BCUT2D eigenvalue weighted by molar-refractivity contribution is 0.577. The summed E-state index contributed by atoms with van der Waals surface area (Å²) in [6.07, 6.45) is 2.13. The highest BCUT2D eigenvalue weighted by atomic mass is 35.5. The first-order valence-electron chi connectivity index (χ1n) is 5.22. The normalized spacial score (nSPS) is 15.5. The van der Waals surface area contributed by atoms with Crippen LogP contribution in [0.15, 0.2) is 23.1 Å². The predicted octanol–water partition coefficient (Wildman–Crippen LogP) is 1.90. The summed E-state index contributed by atoms with van der Waals surface area (Å²) in [4.78, 5) is -0.0288. The van der Waals surface area contributed by atoms with E-state index >= 15 is 0 Å². The van der Waals surface area contributed by atoms with E-state index < -0.39 is 10.0 Å². The molecule has 1 saturated carbocycles. The molecule has 0 bridgehead atoms. The lowest BCUT2D eigenvalue weighted by atomic mass is 10.2. The highest BCUT2D eigenvalue weighted by Gasteiger charge is 2.25. The second-order valence-electron chi connectivity index (χ2n) is 4.05. The minimum Gasteiger partial charge on any atom is -0.211 e. The highest BCUT2D eigenvalue weighted by molar-refractivity contribution is 7.89. The average molecular weight is 271 g/mol. The van der Waals surface area contributed by atoms with Crippen molar-refractivity contribution >= 4 is 21.6 Å². The number of nitrogens with zero attached hydrogens (tertiary/aromatic N) is 1. The van der Waals surface area contributed by atoms with Gasteiger partial charge in [-0.25, -0.2) is 13.1 Å². The van der Waals surface area contributed by atoms with Gasteiger partial charge in [0.15, 0.2) is 0 Å². The number of sulfonamides is 1. The van der Waals surface area contributed by atoms with Gasteiger partial charge in [0.1, 0.15) is 4.90 Å². The summed E-state index contributed by atoms with van der Waals surface area (Å²) in [6.45, 7) is 0.440. The SMILES string of the molecule is N#Cc1ccc(Cl)c(S(=O)(=O)NCC2CC2)c1. The van der Waals surface area contributed by atoms with Crippen LogP contribution in [0.25, 0.3) is 0 Å². The van der Waals surface area contributed by atoms with Gasteiger partial charge < -0.3 is 0 Å². The zero-order chi connectivity index (χ0) is 12.5. The van der Waals surface area contributed by atoms with Crippen molar-refractivity contribution in [2.45, 2.75) is 17.7 Å². The van der Waals surface area contributed by atoms with Crippen LogP contribution in [0.2, 0.25) is 5.02 Å². The van der Waals surface area contributed by atoms with E-state index in [1.165, 1.54) is 18.2 Å². The number of nitriles is 1. The van der Waals surface area contributed by atoms with Crippen molar-refractivity contribution in [3.05, 3.63) is 28.8 Å². The molecule has 0 heterocycles. The molecule has 90 valence electrons. The van der Waals surface area contributed by atoms with Crippen LogP contribution in [0.5, 0.6) is 0 Å². The number of benzene rings is 1. The maximum atomic E-state index is 11.9. The number of hydrogen-bond acceptors (Lipinski definition) is 3.